The molecule has 0 fully saturated rings. The molecule has 7 nitrogen and oxygen atoms in total. The van der Waals surface area contributed by atoms with Crippen molar-refractivity contribution in [3.05, 3.63) is 47.5 Å². The number of hydrogen-bond donors (Lipinski definition) is 2. The molecule has 25 heavy (non-hydrogen) atoms. The van der Waals surface area contributed by atoms with Crippen LogP contribution in [0.2, 0.25) is 0 Å². The molecule has 1 unspecified atom stereocenters. The summed E-state index contributed by atoms with van der Waals surface area (Å²) >= 11 is 0. The van der Waals surface area contributed by atoms with Crippen molar-refractivity contribution < 1.29 is 34.0 Å². The predicted octanol–water partition coefficient (Wildman–Crippen LogP) is 2.51. The average Bonchev–Trinajstić information content (AvgIpc) is 3.22. The van der Waals surface area contributed by atoms with Crippen molar-refractivity contribution in [2.75, 3.05) is 13.6 Å². The number of aliphatic carboxylic acids is 1. The van der Waals surface area contributed by atoms with Gasteiger partial charge in [-0.3, -0.25) is 4.79 Å². The molecule has 2 aliphatic rings. The van der Waals surface area contributed by atoms with Gasteiger partial charge in [-0.15, -0.1) is 0 Å². The molecular weight excluding hydrogens is 328 g/mol. The van der Waals surface area contributed by atoms with Crippen LogP contribution < -0.4 is 18.9 Å². The Kier molecular flexibility index (Phi) is 4.95. The number of carboxylic acids is 1. The molecule has 0 aliphatic carbocycles. The Balaban J connectivity index is 0.000000146. The van der Waals surface area contributed by atoms with Crippen LogP contribution in [0.3, 0.4) is 0 Å². The number of carboxylic acid groups (broad SMARTS) is 1. The monoisotopic (exact) mass is 346 g/mol. The zero-order valence-electron chi connectivity index (χ0n) is 13.6. The second-order valence-electron chi connectivity index (χ2n) is 5.55. The Morgan fingerprint density at radius 2 is 1.52 bits per heavy atom. The Hall–Kier alpha value is -2.93. The maximum atomic E-state index is 10.4. The van der Waals surface area contributed by atoms with Crippen LogP contribution in [0.25, 0.3) is 0 Å². The number of benzene rings is 2. The highest BCUT2D eigenvalue weighted by Crippen LogP contribution is 2.34. The first-order valence-corrected chi connectivity index (χ1v) is 7.71. The van der Waals surface area contributed by atoms with Crippen LogP contribution in [-0.4, -0.2) is 29.8 Å². The zero-order valence-corrected chi connectivity index (χ0v) is 13.6. The number of aliphatic hydroxyl groups is 1. The number of hydrogen-bond acceptors (Lipinski definition) is 6. The van der Waals surface area contributed by atoms with Gasteiger partial charge in [-0.25, -0.2) is 0 Å². The average molecular weight is 346 g/mol. The highest BCUT2D eigenvalue weighted by molar-refractivity contribution is 5.70. The minimum atomic E-state index is -0.848. The van der Waals surface area contributed by atoms with E-state index in [1.54, 1.807) is 31.2 Å². The van der Waals surface area contributed by atoms with Crippen LogP contribution in [0.15, 0.2) is 36.4 Å². The maximum Gasteiger partial charge on any atom is 0.307 e. The van der Waals surface area contributed by atoms with Gasteiger partial charge in [-0.1, -0.05) is 12.1 Å². The van der Waals surface area contributed by atoms with Crippen molar-refractivity contribution in [1.29, 1.82) is 0 Å². The van der Waals surface area contributed by atoms with E-state index in [0.29, 0.717) is 17.2 Å². The van der Waals surface area contributed by atoms with Gasteiger partial charge in [0.05, 0.1) is 12.5 Å². The Morgan fingerprint density at radius 1 is 0.960 bits per heavy atom. The summed E-state index contributed by atoms with van der Waals surface area (Å²) in [4.78, 5) is 10.4. The lowest BCUT2D eigenvalue weighted by Gasteiger charge is -2.04. The molecule has 132 valence electrons. The lowest BCUT2D eigenvalue weighted by molar-refractivity contribution is -0.136. The molecule has 2 aromatic carbocycles. The molecule has 0 spiro atoms. The minimum Gasteiger partial charge on any atom is -0.481 e. The van der Waals surface area contributed by atoms with E-state index in [4.69, 9.17) is 24.1 Å². The summed E-state index contributed by atoms with van der Waals surface area (Å²) < 4.78 is 20.5. The second kappa shape index (κ2) is 7.31. The van der Waals surface area contributed by atoms with Crippen molar-refractivity contribution >= 4 is 5.97 Å². The molecule has 2 aromatic rings. The third-order valence-electron chi connectivity index (χ3n) is 3.67. The van der Waals surface area contributed by atoms with Gasteiger partial charge >= 0.3 is 5.97 Å². The van der Waals surface area contributed by atoms with Crippen molar-refractivity contribution in [3.8, 4) is 23.0 Å². The van der Waals surface area contributed by atoms with E-state index in [-0.39, 0.29) is 20.0 Å². The Bertz CT molecular complexity index is 770. The first kappa shape index (κ1) is 16.9. The minimum absolute atomic E-state index is 0.0106. The molecule has 2 heterocycles. The summed E-state index contributed by atoms with van der Waals surface area (Å²) in [6.07, 6.45) is -0.448. The van der Waals surface area contributed by atoms with Gasteiger partial charge in [0.1, 0.15) is 0 Å². The zero-order chi connectivity index (χ0) is 17.8. The van der Waals surface area contributed by atoms with Gasteiger partial charge in [0.2, 0.25) is 13.6 Å². The van der Waals surface area contributed by atoms with E-state index in [0.717, 1.165) is 16.9 Å². The van der Waals surface area contributed by atoms with Crippen LogP contribution in [-0.2, 0) is 11.2 Å². The molecule has 7 heteroatoms. The summed E-state index contributed by atoms with van der Waals surface area (Å²) in [5.74, 6) is 1.92. The summed E-state index contributed by atoms with van der Waals surface area (Å²) in [5, 5.41) is 17.8. The predicted molar refractivity (Wildman–Crippen MR) is 87.1 cm³/mol. The van der Waals surface area contributed by atoms with Gasteiger partial charge in [-0.2, -0.15) is 0 Å². The number of fused-ring (bicyclic) bond motifs is 2. The molecule has 2 aliphatic heterocycles. The second-order valence-corrected chi connectivity index (χ2v) is 5.55. The third kappa shape index (κ3) is 4.13. The molecule has 1 atom stereocenters. The van der Waals surface area contributed by atoms with Crippen LogP contribution >= 0.6 is 0 Å². The lowest BCUT2D eigenvalue weighted by Crippen LogP contribution is -1.99. The van der Waals surface area contributed by atoms with Crippen molar-refractivity contribution in [2.45, 2.75) is 19.4 Å². The van der Waals surface area contributed by atoms with Gasteiger partial charge in [0, 0.05) is 0 Å². The topological polar surface area (TPSA) is 94.5 Å². The van der Waals surface area contributed by atoms with E-state index < -0.39 is 12.1 Å². The largest absolute Gasteiger partial charge is 0.481 e. The lowest BCUT2D eigenvalue weighted by atomic mass is 10.1. The van der Waals surface area contributed by atoms with E-state index >= 15 is 0 Å². The van der Waals surface area contributed by atoms with Crippen molar-refractivity contribution in [1.82, 2.24) is 0 Å². The van der Waals surface area contributed by atoms with Crippen LogP contribution in [0.1, 0.15) is 24.2 Å². The van der Waals surface area contributed by atoms with E-state index in [9.17, 15) is 9.90 Å². The molecule has 2 N–H and O–H groups in total. The van der Waals surface area contributed by atoms with E-state index in [1.807, 2.05) is 12.1 Å². The summed E-state index contributed by atoms with van der Waals surface area (Å²) in [6, 6.07) is 10.6. The highest BCUT2D eigenvalue weighted by atomic mass is 16.7. The number of aliphatic hydroxyl groups excluding tert-OH is 1. The van der Waals surface area contributed by atoms with Gasteiger partial charge in [-0.05, 0) is 42.3 Å². The third-order valence-corrected chi connectivity index (χ3v) is 3.67. The van der Waals surface area contributed by atoms with E-state index in [2.05, 4.69) is 0 Å². The fourth-order valence-corrected chi connectivity index (χ4v) is 2.40. The van der Waals surface area contributed by atoms with Gasteiger partial charge in [0.15, 0.2) is 23.0 Å². The van der Waals surface area contributed by atoms with Crippen LogP contribution in [0.4, 0.5) is 0 Å². The van der Waals surface area contributed by atoms with Crippen LogP contribution in [0.5, 0.6) is 23.0 Å². The van der Waals surface area contributed by atoms with Crippen molar-refractivity contribution in [2.24, 2.45) is 0 Å². The molecule has 0 saturated heterocycles. The van der Waals surface area contributed by atoms with E-state index in [1.165, 1.54) is 0 Å². The molecule has 0 radical (unpaired) electrons. The summed E-state index contributed by atoms with van der Waals surface area (Å²) in [7, 11) is 0. The molecule has 0 amide bonds. The van der Waals surface area contributed by atoms with Crippen LogP contribution in [0, 0.1) is 0 Å². The first-order chi connectivity index (χ1) is 12.0. The van der Waals surface area contributed by atoms with Crippen molar-refractivity contribution in [3.63, 3.8) is 0 Å². The normalized spacial score (nSPS) is 14.5. The molecule has 0 bridgehead atoms. The standard InChI is InChI=1S/C9H8O4.C9H10O3/c10-9(11)4-6-1-2-7-8(3-6)13-5-12-7;1-6(10)7-2-3-8-9(4-7)12-5-11-8/h1-3H,4-5H2,(H,10,11);2-4,6,10H,5H2,1H3. The number of carbonyl (C=O) groups is 1. The van der Waals surface area contributed by atoms with Gasteiger partial charge < -0.3 is 29.2 Å². The SMILES string of the molecule is CC(O)c1ccc2c(c1)OCO2.O=C(O)Cc1ccc2c(c1)OCO2. The number of rotatable bonds is 3. The quantitative estimate of drug-likeness (QED) is 0.882. The highest BCUT2D eigenvalue weighted by Gasteiger charge is 2.15. The van der Waals surface area contributed by atoms with Gasteiger partial charge in [0.25, 0.3) is 0 Å². The fourth-order valence-electron chi connectivity index (χ4n) is 2.40. The maximum absolute atomic E-state index is 10.4. The first-order valence-electron chi connectivity index (χ1n) is 7.71. The molecular formula is C18H18O7. The smallest absolute Gasteiger partial charge is 0.307 e. The summed E-state index contributed by atoms with van der Waals surface area (Å²) in [5.41, 5.74) is 1.57. The molecule has 4 rings (SSSR count). The fraction of sp³-hybridized carbons (Fsp3) is 0.278. The summed E-state index contributed by atoms with van der Waals surface area (Å²) in [6.45, 7) is 2.21. The molecule has 0 saturated carbocycles. The number of ether oxygens (including phenoxy) is 4. The Morgan fingerprint density at radius 3 is 2.12 bits per heavy atom. The molecule has 0 aromatic heterocycles. The Labute approximate surface area is 144 Å².